The van der Waals surface area contributed by atoms with E-state index in [9.17, 15) is 9.59 Å². The fourth-order valence-electron chi connectivity index (χ4n) is 3.57. The van der Waals surface area contributed by atoms with Crippen molar-refractivity contribution in [3.05, 3.63) is 52.8 Å². The summed E-state index contributed by atoms with van der Waals surface area (Å²) in [5.41, 5.74) is 2.93. The number of nitrogens with one attached hydrogen (secondary N) is 2. The number of pyridine rings is 1. The molecule has 0 radical (unpaired) electrons. The van der Waals surface area contributed by atoms with E-state index < -0.39 is 5.97 Å². The van der Waals surface area contributed by atoms with Crippen LogP contribution >= 0.6 is 11.6 Å². The zero-order chi connectivity index (χ0) is 24.0. The van der Waals surface area contributed by atoms with Gasteiger partial charge in [-0.3, -0.25) is 4.79 Å². The molecule has 0 spiro atoms. The molecule has 9 heteroatoms. The Balaban J connectivity index is 2.05. The number of carbonyl (C=O) groups excluding carboxylic acids is 2. The Morgan fingerprint density at radius 1 is 1.21 bits per heavy atom. The van der Waals surface area contributed by atoms with Crippen molar-refractivity contribution in [3.63, 3.8) is 0 Å². The molecule has 0 bridgehead atoms. The number of halogens is 1. The molecule has 3 aromatic rings. The van der Waals surface area contributed by atoms with E-state index in [0.29, 0.717) is 47.9 Å². The number of rotatable bonds is 10. The van der Waals surface area contributed by atoms with Crippen molar-refractivity contribution in [1.82, 2.24) is 9.55 Å². The first-order valence-corrected chi connectivity index (χ1v) is 11.1. The van der Waals surface area contributed by atoms with Crippen molar-refractivity contribution in [2.45, 2.75) is 33.4 Å². The monoisotopic (exact) mass is 472 g/mol. The maximum atomic E-state index is 12.7. The molecule has 0 atom stereocenters. The first-order chi connectivity index (χ1) is 15.8. The molecule has 0 unspecified atom stereocenters. The van der Waals surface area contributed by atoms with Crippen LogP contribution < -0.4 is 10.6 Å². The van der Waals surface area contributed by atoms with Gasteiger partial charge in [-0.2, -0.15) is 0 Å². The molecule has 176 valence electrons. The third kappa shape index (κ3) is 6.03. The average molecular weight is 473 g/mol. The molecule has 0 aliphatic heterocycles. The predicted octanol–water partition coefficient (Wildman–Crippen LogP) is 4.72. The number of fused-ring (bicyclic) bond motifs is 1. The number of methoxy groups -OCH3 is 2. The number of benzene rings is 1. The number of nitrogens with zero attached hydrogens (tertiary/aromatic N) is 2. The highest BCUT2D eigenvalue weighted by molar-refractivity contribution is 6.30. The molecule has 33 heavy (non-hydrogen) atoms. The van der Waals surface area contributed by atoms with Gasteiger partial charge >= 0.3 is 5.97 Å². The van der Waals surface area contributed by atoms with E-state index in [1.165, 1.54) is 7.11 Å². The van der Waals surface area contributed by atoms with Gasteiger partial charge in [0.1, 0.15) is 5.65 Å². The second-order valence-corrected chi connectivity index (χ2v) is 8.52. The molecule has 2 heterocycles. The van der Waals surface area contributed by atoms with Crippen molar-refractivity contribution in [2.24, 2.45) is 5.92 Å². The van der Waals surface area contributed by atoms with Crippen molar-refractivity contribution in [1.29, 1.82) is 0 Å². The SMILES string of the molecule is COCCn1c(C(=O)OC)c(NC(=O)CC(C)C)c2cc(NCc3cccc(Cl)c3)cnc21. The Labute approximate surface area is 198 Å². The van der Waals surface area contributed by atoms with Crippen LogP contribution in [0.3, 0.4) is 0 Å². The van der Waals surface area contributed by atoms with Crippen LogP contribution in [-0.4, -0.2) is 42.3 Å². The highest BCUT2D eigenvalue weighted by atomic mass is 35.5. The zero-order valence-electron chi connectivity index (χ0n) is 19.3. The van der Waals surface area contributed by atoms with E-state index in [4.69, 9.17) is 21.1 Å². The number of ether oxygens (including phenoxy) is 2. The topological polar surface area (TPSA) is 94.5 Å². The highest BCUT2D eigenvalue weighted by Gasteiger charge is 2.26. The van der Waals surface area contributed by atoms with Crippen LogP contribution in [0.2, 0.25) is 5.02 Å². The van der Waals surface area contributed by atoms with Crippen molar-refractivity contribution < 1.29 is 19.1 Å². The maximum Gasteiger partial charge on any atom is 0.356 e. The number of aromatic nitrogens is 2. The van der Waals surface area contributed by atoms with Crippen LogP contribution in [0.4, 0.5) is 11.4 Å². The molecule has 2 aromatic heterocycles. The van der Waals surface area contributed by atoms with E-state index in [2.05, 4.69) is 15.6 Å². The summed E-state index contributed by atoms with van der Waals surface area (Å²) in [5.74, 6) is -0.572. The van der Waals surface area contributed by atoms with E-state index in [-0.39, 0.29) is 17.5 Å². The molecule has 1 aromatic carbocycles. The number of anilines is 2. The van der Waals surface area contributed by atoms with Gasteiger partial charge in [-0.05, 0) is 29.7 Å². The summed E-state index contributed by atoms with van der Waals surface area (Å²) in [4.78, 5) is 30.0. The summed E-state index contributed by atoms with van der Waals surface area (Å²) in [6, 6.07) is 9.44. The summed E-state index contributed by atoms with van der Waals surface area (Å²) < 4.78 is 12.0. The lowest BCUT2D eigenvalue weighted by Crippen LogP contribution is -2.19. The Bertz CT molecular complexity index is 1140. The smallest absolute Gasteiger partial charge is 0.356 e. The summed E-state index contributed by atoms with van der Waals surface area (Å²) in [7, 11) is 2.89. The van der Waals surface area contributed by atoms with Crippen molar-refractivity contribution in [2.75, 3.05) is 31.5 Å². The van der Waals surface area contributed by atoms with E-state index in [1.807, 2.05) is 44.2 Å². The molecule has 8 nitrogen and oxygen atoms in total. The quantitative estimate of drug-likeness (QED) is 0.414. The van der Waals surface area contributed by atoms with Crippen LogP contribution in [0.25, 0.3) is 11.0 Å². The largest absolute Gasteiger partial charge is 0.464 e. The lowest BCUT2D eigenvalue weighted by molar-refractivity contribution is -0.116. The highest BCUT2D eigenvalue weighted by Crippen LogP contribution is 2.33. The summed E-state index contributed by atoms with van der Waals surface area (Å²) >= 11 is 6.08. The molecule has 0 aliphatic rings. The van der Waals surface area contributed by atoms with Crippen LogP contribution in [0.1, 0.15) is 36.3 Å². The summed E-state index contributed by atoms with van der Waals surface area (Å²) in [6.45, 7) is 5.20. The van der Waals surface area contributed by atoms with Gasteiger partial charge in [0.05, 0.1) is 31.3 Å². The molecule has 1 amide bonds. The Hall–Kier alpha value is -3.10. The summed E-state index contributed by atoms with van der Waals surface area (Å²) in [5, 5.41) is 7.54. The Morgan fingerprint density at radius 3 is 2.67 bits per heavy atom. The second-order valence-electron chi connectivity index (χ2n) is 8.08. The van der Waals surface area contributed by atoms with Gasteiger partial charge in [-0.1, -0.05) is 37.6 Å². The minimum Gasteiger partial charge on any atom is -0.464 e. The molecule has 0 saturated heterocycles. The van der Waals surface area contributed by atoms with Crippen LogP contribution in [-0.2, 0) is 27.4 Å². The fourth-order valence-corrected chi connectivity index (χ4v) is 3.78. The van der Waals surface area contributed by atoms with Crippen LogP contribution in [0.5, 0.6) is 0 Å². The standard InChI is InChI=1S/C24H29ClN4O4/c1-15(2)10-20(30)28-21-19-12-18(26-13-16-6-5-7-17(25)11-16)14-27-23(19)29(8-9-32-3)22(21)24(31)33-4/h5-7,11-12,14-15,26H,8-10,13H2,1-4H3,(H,28,30). The van der Waals surface area contributed by atoms with Crippen molar-refractivity contribution in [3.8, 4) is 0 Å². The third-order valence-corrected chi connectivity index (χ3v) is 5.27. The van der Waals surface area contributed by atoms with Gasteiger partial charge in [0, 0.05) is 37.0 Å². The predicted molar refractivity (Wildman–Crippen MR) is 130 cm³/mol. The van der Waals surface area contributed by atoms with Gasteiger partial charge in [0.25, 0.3) is 0 Å². The molecule has 0 saturated carbocycles. The normalized spacial score (nSPS) is 11.1. The van der Waals surface area contributed by atoms with E-state index >= 15 is 0 Å². The average Bonchev–Trinajstić information content (AvgIpc) is 3.07. The number of esters is 1. The molecule has 3 rings (SSSR count). The number of hydrogen-bond acceptors (Lipinski definition) is 6. The molecule has 0 fully saturated rings. The molecular weight excluding hydrogens is 444 g/mol. The molecule has 0 aliphatic carbocycles. The van der Waals surface area contributed by atoms with Gasteiger partial charge in [0.15, 0.2) is 5.69 Å². The number of carbonyl (C=O) groups is 2. The van der Waals surface area contributed by atoms with Crippen LogP contribution in [0.15, 0.2) is 36.5 Å². The minimum absolute atomic E-state index is 0.168. The van der Waals surface area contributed by atoms with Crippen molar-refractivity contribution >= 4 is 45.9 Å². The molecule has 2 N–H and O–H groups in total. The number of hydrogen-bond donors (Lipinski definition) is 2. The van der Waals surface area contributed by atoms with Gasteiger partial charge in [0.2, 0.25) is 5.91 Å². The van der Waals surface area contributed by atoms with E-state index in [0.717, 1.165) is 11.3 Å². The first kappa shape index (κ1) is 24.5. The van der Waals surface area contributed by atoms with Gasteiger partial charge in [-0.15, -0.1) is 0 Å². The third-order valence-electron chi connectivity index (χ3n) is 5.04. The van der Waals surface area contributed by atoms with Gasteiger partial charge < -0.3 is 24.7 Å². The maximum absolute atomic E-state index is 12.7. The summed E-state index contributed by atoms with van der Waals surface area (Å²) in [6.07, 6.45) is 2.02. The van der Waals surface area contributed by atoms with E-state index in [1.54, 1.807) is 17.9 Å². The molecular formula is C24H29ClN4O4. The zero-order valence-corrected chi connectivity index (χ0v) is 20.0. The number of amides is 1. The second kappa shape index (κ2) is 11.2. The fraction of sp³-hybridized carbons (Fsp3) is 0.375. The Kier molecular flexibility index (Phi) is 8.30. The lowest BCUT2D eigenvalue weighted by Gasteiger charge is -2.11. The minimum atomic E-state index is -0.558. The van der Waals surface area contributed by atoms with Gasteiger partial charge in [-0.25, -0.2) is 9.78 Å². The lowest BCUT2D eigenvalue weighted by atomic mass is 10.1. The first-order valence-electron chi connectivity index (χ1n) is 10.7. The Morgan fingerprint density at radius 2 is 2.00 bits per heavy atom. The van der Waals surface area contributed by atoms with Crippen LogP contribution in [0, 0.1) is 5.92 Å².